The molecular weight excluding hydrogens is 444 g/mol. The molecule has 0 bridgehead atoms. The summed E-state index contributed by atoms with van der Waals surface area (Å²) in [6.45, 7) is 0.721. The minimum atomic E-state index is -1.04. The summed E-state index contributed by atoms with van der Waals surface area (Å²) in [6, 6.07) is 18.4. The van der Waals surface area contributed by atoms with Crippen molar-refractivity contribution < 1.29 is 9.00 Å². The Labute approximate surface area is 192 Å². The molecule has 1 amide bonds. The highest BCUT2D eigenvalue weighted by Gasteiger charge is 2.22. The van der Waals surface area contributed by atoms with E-state index < -0.39 is 11.0 Å². The molecule has 6 nitrogen and oxygen atoms in total. The third-order valence-corrected chi connectivity index (χ3v) is 7.17. The van der Waals surface area contributed by atoms with Crippen LogP contribution in [0.5, 0.6) is 0 Å². The number of amides is 1. The SMILES string of the molecule is O=C(Nc1cccc(-c2nccc3ncccc23)c1)c1ccc(N2CCCS2=O)cc1Cl. The number of pyridine rings is 2. The van der Waals surface area contributed by atoms with Gasteiger partial charge in [-0.3, -0.25) is 19.1 Å². The minimum Gasteiger partial charge on any atom is -0.322 e. The molecule has 1 N–H and O–H groups in total. The molecular formula is C24H19ClN4O2S. The van der Waals surface area contributed by atoms with Crippen molar-refractivity contribution in [2.24, 2.45) is 0 Å². The summed E-state index contributed by atoms with van der Waals surface area (Å²) in [5, 5.41) is 4.18. The van der Waals surface area contributed by atoms with Gasteiger partial charge in [0.25, 0.3) is 5.91 Å². The Bertz CT molecular complexity index is 1360. The van der Waals surface area contributed by atoms with E-state index in [0.717, 1.165) is 40.8 Å². The van der Waals surface area contributed by atoms with Crippen LogP contribution in [0, 0.1) is 0 Å². The maximum atomic E-state index is 12.9. The number of carbonyl (C=O) groups excluding carboxylic acids is 1. The summed E-state index contributed by atoms with van der Waals surface area (Å²) in [4.78, 5) is 21.8. The van der Waals surface area contributed by atoms with Crippen LogP contribution >= 0.6 is 11.6 Å². The van der Waals surface area contributed by atoms with Crippen molar-refractivity contribution in [3.63, 3.8) is 0 Å². The van der Waals surface area contributed by atoms with Gasteiger partial charge < -0.3 is 5.32 Å². The van der Waals surface area contributed by atoms with Gasteiger partial charge in [-0.25, -0.2) is 4.21 Å². The van der Waals surface area contributed by atoms with E-state index in [-0.39, 0.29) is 5.91 Å². The molecule has 1 unspecified atom stereocenters. The zero-order valence-electron chi connectivity index (χ0n) is 17.0. The smallest absolute Gasteiger partial charge is 0.257 e. The average Bonchev–Trinajstić information content (AvgIpc) is 3.24. The highest BCUT2D eigenvalue weighted by Crippen LogP contribution is 2.29. The number of carbonyl (C=O) groups is 1. The molecule has 1 fully saturated rings. The number of nitrogens with zero attached hydrogens (tertiary/aromatic N) is 3. The van der Waals surface area contributed by atoms with E-state index in [1.807, 2.05) is 46.8 Å². The van der Waals surface area contributed by atoms with Gasteiger partial charge in [-0.1, -0.05) is 23.7 Å². The maximum Gasteiger partial charge on any atom is 0.257 e. The summed E-state index contributed by atoms with van der Waals surface area (Å²) < 4.78 is 13.9. The van der Waals surface area contributed by atoms with Crippen molar-refractivity contribution >= 4 is 50.8 Å². The molecule has 5 rings (SSSR count). The Kier molecular flexibility index (Phi) is 5.59. The van der Waals surface area contributed by atoms with Gasteiger partial charge in [0.15, 0.2) is 0 Å². The Morgan fingerprint density at radius 2 is 1.94 bits per heavy atom. The predicted octanol–water partition coefficient (Wildman–Crippen LogP) is 5.08. The van der Waals surface area contributed by atoms with E-state index >= 15 is 0 Å². The van der Waals surface area contributed by atoms with Gasteiger partial charge in [-0.05, 0) is 55.0 Å². The number of rotatable bonds is 4. The number of anilines is 2. The number of benzene rings is 2. The van der Waals surface area contributed by atoms with Gasteiger partial charge in [0.05, 0.1) is 27.5 Å². The molecule has 0 aliphatic carbocycles. The molecule has 0 radical (unpaired) electrons. The lowest BCUT2D eigenvalue weighted by atomic mass is 10.1. The quantitative estimate of drug-likeness (QED) is 0.459. The molecule has 2 aromatic heterocycles. The third kappa shape index (κ3) is 3.97. The summed E-state index contributed by atoms with van der Waals surface area (Å²) in [5.41, 5.74) is 4.29. The van der Waals surface area contributed by atoms with Crippen molar-refractivity contribution in [3.05, 3.63) is 83.6 Å². The van der Waals surface area contributed by atoms with Crippen LogP contribution in [0.15, 0.2) is 73.1 Å². The first-order chi connectivity index (χ1) is 15.6. The minimum absolute atomic E-state index is 0.311. The molecule has 32 heavy (non-hydrogen) atoms. The Balaban J connectivity index is 1.40. The molecule has 1 saturated heterocycles. The Morgan fingerprint density at radius 3 is 2.75 bits per heavy atom. The molecule has 8 heteroatoms. The predicted molar refractivity (Wildman–Crippen MR) is 129 cm³/mol. The topological polar surface area (TPSA) is 75.2 Å². The monoisotopic (exact) mass is 462 g/mol. The molecule has 160 valence electrons. The van der Waals surface area contributed by atoms with Gasteiger partial charge in [-0.2, -0.15) is 0 Å². The maximum absolute atomic E-state index is 12.9. The zero-order chi connectivity index (χ0) is 22.1. The van der Waals surface area contributed by atoms with E-state index in [1.54, 1.807) is 30.6 Å². The van der Waals surface area contributed by atoms with Gasteiger partial charge in [-0.15, -0.1) is 0 Å². The van der Waals surface area contributed by atoms with E-state index in [2.05, 4.69) is 15.3 Å². The van der Waals surface area contributed by atoms with Crippen LogP contribution in [0.4, 0.5) is 11.4 Å². The van der Waals surface area contributed by atoms with E-state index in [4.69, 9.17) is 11.6 Å². The van der Waals surface area contributed by atoms with Crippen LogP contribution in [0.1, 0.15) is 16.8 Å². The molecule has 2 aromatic carbocycles. The van der Waals surface area contributed by atoms with Gasteiger partial charge in [0, 0.05) is 41.3 Å². The third-order valence-electron chi connectivity index (χ3n) is 5.33. The van der Waals surface area contributed by atoms with Crippen LogP contribution < -0.4 is 9.62 Å². The van der Waals surface area contributed by atoms with Gasteiger partial charge in [0.1, 0.15) is 11.0 Å². The van der Waals surface area contributed by atoms with Crippen molar-refractivity contribution in [3.8, 4) is 11.3 Å². The highest BCUT2D eigenvalue weighted by molar-refractivity contribution is 7.86. The molecule has 1 aliphatic rings. The fourth-order valence-corrected chi connectivity index (χ4v) is 5.35. The molecule has 0 saturated carbocycles. The standard InChI is InChI=1S/C24H19ClN4O2S/c25-21-15-18(29-12-3-13-32(29)31)7-8-19(21)24(30)28-17-5-1-4-16(14-17)23-20-6-2-10-26-22(20)9-11-27-23/h1-2,4-11,14-15H,3,12-13H2,(H,28,30). The Hall–Kier alpha value is -3.29. The zero-order valence-corrected chi connectivity index (χ0v) is 18.6. The van der Waals surface area contributed by atoms with E-state index in [0.29, 0.717) is 22.0 Å². The highest BCUT2D eigenvalue weighted by atomic mass is 35.5. The molecule has 0 spiro atoms. The van der Waals surface area contributed by atoms with Crippen molar-refractivity contribution in [1.82, 2.24) is 9.97 Å². The molecule has 4 aromatic rings. The van der Waals surface area contributed by atoms with Crippen LogP contribution in [-0.2, 0) is 11.0 Å². The fourth-order valence-electron chi connectivity index (χ4n) is 3.81. The van der Waals surface area contributed by atoms with Crippen molar-refractivity contribution in [1.29, 1.82) is 0 Å². The number of hydrogen-bond donors (Lipinski definition) is 1. The first kappa shape index (κ1) is 20.6. The number of aromatic nitrogens is 2. The first-order valence-corrected chi connectivity index (χ1v) is 11.8. The van der Waals surface area contributed by atoms with Crippen molar-refractivity contribution in [2.45, 2.75) is 6.42 Å². The second-order valence-corrected chi connectivity index (χ2v) is 9.31. The average molecular weight is 463 g/mol. The second kappa shape index (κ2) is 8.68. The van der Waals surface area contributed by atoms with Gasteiger partial charge in [0.2, 0.25) is 0 Å². The molecule has 1 atom stereocenters. The lowest BCUT2D eigenvalue weighted by Gasteiger charge is -2.17. The summed E-state index contributed by atoms with van der Waals surface area (Å²) >= 11 is 6.41. The van der Waals surface area contributed by atoms with Crippen LogP contribution in [-0.4, -0.2) is 32.4 Å². The molecule has 3 heterocycles. The van der Waals surface area contributed by atoms with Crippen LogP contribution in [0.3, 0.4) is 0 Å². The van der Waals surface area contributed by atoms with E-state index in [1.165, 1.54) is 0 Å². The number of nitrogens with one attached hydrogen (secondary N) is 1. The summed E-state index contributed by atoms with van der Waals surface area (Å²) in [5.74, 6) is 0.339. The normalized spacial score (nSPS) is 15.8. The number of fused-ring (bicyclic) bond motifs is 1. The summed E-state index contributed by atoms with van der Waals surface area (Å²) in [6.07, 6.45) is 4.36. The van der Waals surface area contributed by atoms with Gasteiger partial charge >= 0.3 is 0 Å². The second-order valence-electron chi connectivity index (χ2n) is 7.41. The fraction of sp³-hybridized carbons (Fsp3) is 0.125. The number of halogens is 1. The first-order valence-electron chi connectivity index (χ1n) is 10.2. The van der Waals surface area contributed by atoms with Crippen LogP contribution in [0.25, 0.3) is 22.2 Å². The molecule has 1 aliphatic heterocycles. The lowest BCUT2D eigenvalue weighted by molar-refractivity contribution is 0.102. The summed E-state index contributed by atoms with van der Waals surface area (Å²) in [7, 11) is -1.04. The lowest BCUT2D eigenvalue weighted by Crippen LogP contribution is -2.20. The van der Waals surface area contributed by atoms with E-state index in [9.17, 15) is 9.00 Å². The van der Waals surface area contributed by atoms with Crippen molar-refractivity contribution in [2.75, 3.05) is 21.9 Å². The largest absolute Gasteiger partial charge is 0.322 e. The Morgan fingerprint density at radius 1 is 1.03 bits per heavy atom. The van der Waals surface area contributed by atoms with Crippen LogP contribution in [0.2, 0.25) is 5.02 Å². The number of hydrogen-bond acceptors (Lipinski definition) is 4.